The Kier molecular flexibility index (Phi) is 7.52. The van der Waals surface area contributed by atoms with Gasteiger partial charge in [-0.15, -0.1) is 11.8 Å². The molecule has 0 saturated heterocycles. The predicted molar refractivity (Wildman–Crippen MR) is 145 cm³/mol. The molecule has 0 fully saturated rings. The zero-order chi connectivity index (χ0) is 27.7. The van der Waals surface area contributed by atoms with Gasteiger partial charge in [0, 0.05) is 29.8 Å². The first-order chi connectivity index (χ1) is 18.8. The number of hydrogen-bond acceptors (Lipinski definition) is 4. The van der Waals surface area contributed by atoms with E-state index in [0.29, 0.717) is 16.2 Å². The molecule has 1 atom stereocenters. The minimum atomic E-state index is -0.890. The van der Waals surface area contributed by atoms with Crippen LogP contribution in [0, 0.1) is 24.4 Å². The first kappa shape index (κ1) is 26.6. The Morgan fingerprint density at radius 2 is 1.69 bits per heavy atom. The van der Waals surface area contributed by atoms with Gasteiger partial charge in [0.2, 0.25) is 5.91 Å². The first-order valence-corrected chi connectivity index (χ1v) is 13.3. The Morgan fingerprint density at radius 1 is 1.00 bits per heavy atom. The number of carbonyl (C=O) groups excluding carboxylic acids is 1. The maximum absolute atomic E-state index is 15.4. The van der Waals surface area contributed by atoms with E-state index in [1.807, 2.05) is 30.3 Å². The smallest absolute Gasteiger partial charge is 0.260 e. The zero-order valence-electron chi connectivity index (χ0n) is 21.3. The summed E-state index contributed by atoms with van der Waals surface area (Å²) < 4.78 is 51.3. The second-order valence-corrected chi connectivity index (χ2v) is 10.2. The van der Waals surface area contributed by atoms with Gasteiger partial charge in [-0.3, -0.25) is 14.2 Å². The van der Waals surface area contributed by atoms with E-state index in [9.17, 15) is 18.4 Å². The zero-order valence-corrected chi connectivity index (χ0v) is 22.1. The molecular weight excluding hydrogens is 525 g/mol. The molecule has 1 N–H and O–H groups in total. The normalized spacial score (nSPS) is 14.2. The van der Waals surface area contributed by atoms with Gasteiger partial charge >= 0.3 is 0 Å². The number of carbonyl (C=O) groups is 1. The maximum atomic E-state index is 15.4. The lowest BCUT2D eigenvalue weighted by atomic mass is 9.94. The Labute approximate surface area is 227 Å². The minimum absolute atomic E-state index is 0.0113. The van der Waals surface area contributed by atoms with Crippen molar-refractivity contribution in [3.05, 3.63) is 117 Å². The summed E-state index contributed by atoms with van der Waals surface area (Å²) in [6, 6.07) is 16.5. The number of rotatable bonds is 7. The number of thioether (sulfide) groups is 1. The number of benzene rings is 3. The van der Waals surface area contributed by atoms with Crippen LogP contribution in [0.25, 0.3) is 11.1 Å². The summed E-state index contributed by atoms with van der Waals surface area (Å²) in [6.07, 6.45) is -0.177. The Hall–Kier alpha value is -3.98. The van der Waals surface area contributed by atoms with E-state index in [0.717, 1.165) is 5.56 Å². The number of amides is 1. The van der Waals surface area contributed by atoms with Crippen LogP contribution in [0.3, 0.4) is 0 Å². The quantitative estimate of drug-likeness (QED) is 0.316. The van der Waals surface area contributed by atoms with Crippen LogP contribution in [0.5, 0.6) is 5.75 Å². The molecule has 1 unspecified atom stereocenters. The molecule has 3 aromatic carbocycles. The number of pyridine rings is 1. The molecule has 1 aromatic heterocycles. The highest BCUT2D eigenvalue weighted by Crippen LogP contribution is 2.41. The minimum Gasteiger partial charge on any atom is -0.494 e. The molecule has 1 amide bonds. The second-order valence-electron chi connectivity index (χ2n) is 9.19. The summed E-state index contributed by atoms with van der Waals surface area (Å²) in [5.74, 6) is -2.38. The standard InChI is InChI=1S/C30H25F3N2O3S/c1-17-20(14-21-22(31)11-7-12-23(21)32)30-35(29(37)26(17)19-10-6-13-25(38-2)27(19)33)24(16-39-30)28(36)34-15-18-8-4-3-5-9-18/h3-13,24H,14-16H2,1-2H3,(H,34,36). The maximum Gasteiger partial charge on any atom is 0.260 e. The second kappa shape index (κ2) is 11.0. The average Bonchev–Trinajstić information content (AvgIpc) is 3.38. The number of methoxy groups -OCH3 is 1. The van der Waals surface area contributed by atoms with E-state index in [-0.39, 0.29) is 47.1 Å². The number of fused-ring (bicyclic) bond motifs is 1. The SMILES string of the molecule is COc1cccc(-c2c(C)c(Cc3c(F)cccc3F)c3n(c2=O)C(C(=O)NCc2ccccc2)CS3)c1F. The number of nitrogens with zero attached hydrogens (tertiary/aromatic N) is 1. The van der Waals surface area contributed by atoms with Gasteiger partial charge in [-0.2, -0.15) is 0 Å². The first-order valence-electron chi connectivity index (χ1n) is 12.3. The van der Waals surface area contributed by atoms with Crippen molar-refractivity contribution in [3.8, 4) is 16.9 Å². The molecule has 1 aliphatic heterocycles. The van der Waals surface area contributed by atoms with Crippen molar-refractivity contribution in [1.82, 2.24) is 9.88 Å². The number of aromatic nitrogens is 1. The molecule has 5 rings (SSSR count). The fraction of sp³-hybridized carbons (Fsp3) is 0.200. The summed E-state index contributed by atoms with van der Waals surface area (Å²) in [4.78, 5) is 27.3. The number of halogens is 3. The van der Waals surface area contributed by atoms with Crippen LogP contribution < -0.4 is 15.6 Å². The van der Waals surface area contributed by atoms with Gasteiger partial charge < -0.3 is 10.1 Å². The molecule has 0 saturated carbocycles. The molecule has 200 valence electrons. The van der Waals surface area contributed by atoms with E-state index in [2.05, 4.69) is 5.32 Å². The summed E-state index contributed by atoms with van der Waals surface area (Å²) in [7, 11) is 1.32. The van der Waals surface area contributed by atoms with Gasteiger partial charge in [0.15, 0.2) is 11.6 Å². The van der Waals surface area contributed by atoms with E-state index >= 15 is 4.39 Å². The van der Waals surface area contributed by atoms with Gasteiger partial charge in [0.05, 0.1) is 17.7 Å². The van der Waals surface area contributed by atoms with Crippen molar-refractivity contribution < 1.29 is 22.7 Å². The number of hydrogen-bond donors (Lipinski definition) is 1. The van der Waals surface area contributed by atoms with Crippen molar-refractivity contribution in [3.63, 3.8) is 0 Å². The lowest BCUT2D eigenvalue weighted by Gasteiger charge is -2.21. The van der Waals surface area contributed by atoms with E-state index in [1.54, 1.807) is 13.0 Å². The van der Waals surface area contributed by atoms with Crippen LogP contribution in [0.2, 0.25) is 0 Å². The summed E-state index contributed by atoms with van der Waals surface area (Å²) >= 11 is 1.27. The molecule has 1 aliphatic rings. The summed E-state index contributed by atoms with van der Waals surface area (Å²) in [5, 5.41) is 3.31. The van der Waals surface area contributed by atoms with Gasteiger partial charge in [0.1, 0.15) is 17.7 Å². The van der Waals surface area contributed by atoms with Crippen molar-refractivity contribution in [2.75, 3.05) is 12.9 Å². The van der Waals surface area contributed by atoms with Crippen LogP contribution in [-0.2, 0) is 17.8 Å². The van der Waals surface area contributed by atoms with Crippen molar-refractivity contribution in [1.29, 1.82) is 0 Å². The number of nitrogens with one attached hydrogen (secondary N) is 1. The van der Waals surface area contributed by atoms with Gasteiger partial charge in [0.25, 0.3) is 5.56 Å². The molecule has 2 heterocycles. The van der Waals surface area contributed by atoms with Gasteiger partial charge in [-0.1, -0.05) is 48.5 Å². The lowest BCUT2D eigenvalue weighted by molar-refractivity contribution is -0.124. The highest BCUT2D eigenvalue weighted by atomic mass is 32.2. The highest BCUT2D eigenvalue weighted by molar-refractivity contribution is 7.99. The van der Waals surface area contributed by atoms with Crippen molar-refractivity contribution in [2.24, 2.45) is 0 Å². The molecule has 39 heavy (non-hydrogen) atoms. The molecule has 9 heteroatoms. The van der Waals surface area contributed by atoms with Crippen molar-refractivity contribution in [2.45, 2.75) is 31.0 Å². The monoisotopic (exact) mass is 550 g/mol. The summed E-state index contributed by atoms with van der Waals surface area (Å²) in [5.41, 5.74) is 1.02. The Balaban J connectivity index is 1.66. The number of ether oxygens (including phenoxy) is 1. The summed E-state index contributed by atoms with van der Waals surface area (Å²) in [6.45, 7) is 1.90. The topological polar surface area (TPSA) is 60.3 Å². The highest BCUT2D eigenvalue weighted by Gasteiger charge is 2.35. The van der Waals surface area contributed by atoms with Crippen LogP contribution in [0.4, 0.5) is 13.2 Å². The fourth-order valence-electron chi connectivity index (χ4n) is 4.86. The molecule has 4 aromatic rings. The molecule has 0 bridgehead atoms. The largest absolute Gasteiger partial charge is 0.494 e. The Bertz CT molecular complexity index is 1600. The van der Waals surface area contributed by atoms with Crippen LogP contribution in [0.1, 0.15) is 28.3 Å². The molecular formula is C30H25F3N2O3S. The van der Waals surface area contributed by atoms with Crippen LogP contribution in [0.15, 0.2) is 76.6 Å². The molecule has 0 spiro atoms. The third kappa shape index (κ3) is 4.94. The van der Waals surface area contributed by atoms with Crippen LogP contribution in [-0.4, -0.2) is 23.3 Å². The van der Waals surface area contributed by atoms with Gasteiger partial charge in [-0.05, 0) is 41.8 Å². The lowest BCUT2D eigenvalue weighted by Crippen LogP contribution is -2.37. The molecule has 5 nitrogen and oxygen atoms in total. The van der Waals surface area contributed by atoms with E-state index in [4.69, 9.17) is 4.74 Å². The van der Waals surface area contributed by atoms with Crippen LogP contribution >= 0.6 is 11.8 Å². The Morgan fingerprint density at radius 3 is 2.38 bits per heavy atom. The van der Waals surface area contributed by atoms with Crippen molar-refractivity contribution >= 4 is 17.7 Å². The third-order valence-electron chi connectivity index (χ3n) is 6.91. The van der Waals surface area contributed by atoms with Gasteiger partial charge in [-0.25, -0.2) is 13.2 Å². The fourth-order valence-corrected chi connectivity index (χ4v) is 6.23. The predicted octanol–water partition coefficient (Wildman–Crippen LogP) is 5.80. The third-order valence-corrected chi connectivity index (χ3v) is 8.11. The van der Waals surface area contributed by atoms with E-state index < -0.39 is 29.1 Å². The van der Waals surface area contributed by atoms with E-state index in [1.165, 1.54) is 53.8 Å². The molecule has 0 radical (unpaired) electrons. The molecule has 0 aliphatic carbocycles. The average molecular weight is 551 g/mol.